The third-order valence-corrected chi connectivity index (χ3v) is 13.1. The van der Waals surface area contributed by atoms with E-state index < -0.39 is 34.5 Å². The molecule has 4 nitrogen and oxygen atoms in total. The molecule has 0 aromatic heterocycles. The summed E-state index contributed by atoms with van der Waals surface area (Å²) >= 11 is 0. The molecule has 0 unspecified atom stereocenters. The number of hydrogen-bond donors (Lipinski definition) is 0. The number of benzene rings is 6. The second-order valence-electron chi connectivity index (χ2n) is 17.3. The molecule has 0 spiro atoms. The molecule has 3 aliphatic rings. The molecule has 0 N–H and O–H groups in total. The molecule has 60 heavy (non-hydrogen) atoms. The van der Waals surface area contributed by atoms with Gasteiger partial charge in [-0.2, -0.15) is 13.2 Å². The van der Waals surface area contributed by atoms with Crippen LogP contribution in [0.4, 0.5) is 13.2 Å². The van der Waals surface area contributed by atoms with Crippen molar-refractivity contribution >= 4 is 11.9 Å². The average molecular weight is 801 g/mol. The summed E-state index contributed by atoms with van der Waals surface area (Å²) in [7, 11) is 0. The van der Waals surface area contributed by atoms with Crippen molar-refractivity contribution in [1.82, 2.24) is 0 Å². The van der Waals surface area contributed by atoms with Crippen LogP contribution in [-0.4, -0.2) is 25.2 Å². The standard InChI is InChI=1S/C53H43F3O4/c1-8-48(57)59-28-52(29-60-49(58)9-2)46-25-33(31-11-17-37-36-16-10-30(3)22-42(36)50(4,5)43(37)23-31)13-19-40(46)41-20-14-34(26-47(41)52)32-12-18-38-39-21-15-35(53(54,55)56)27-45(39)51(6,7)44(38)24-32/h8-27H,1-2,28-29H2,3-7H3. The lowest BCUT2D eigenvalue weighted by molar-refractivity contribution is -0.143. The Bertz CT molecular complexity index is 2830. The molecule has 6 aromatic carbocycles. The molecule has 0 aliphatic heterocycles. The molecule has 0 radical (unpaired) electrons. The lowest BCUT2D eigenvalue weighted by Gasteiger charge is -2.31. The van der Waals surface area contributed by atoms with Gasteiger partial charge in [0.25, 0.3) is 0 Å². The predicted octanol–water partition coefficient (Wildman–Crippen LogP) is 12.7. The van der Waals surface area contributed by atoms with Gasteiger partial charge < -0.3 is 9.47 Å². The third kappa shape index (κ3) is 5.88. The summed E-state index contributed by atoms with van der Waals surface area (Å²) in [6.07, 6.45) is -2.23. The normalized spacial score (nSPS) is 15.5. The van der Waals surface area contributed by atoms with Crippen molar-refractivity contribution < 1.29 is 32.2 Å². The van der Waals surface area contributed by atoms with E-state index in [1.807, 2.05) is 44.2 Å². The first kappa shape index (κ1) is 39.0. The van der Waals surface area contributed by atoms with E-state index in [-0.39, 0.29) is 18.6 Å². The number of alkyl halides is 3. The maximum Gasteiger partial charge on any atom is 0.416 e. The molecular weight excluding hydrogens is 758 g/mol. The summed E-state index contributed by atoms with van der Waals surface area (Å²) in [5.41, 5.74) is 13.9. The summed E-state index contributed by atoms with van der Waals surface area (Å²) < 4.78 is 53.2. The Morgan fingerprint density at radius 1 is 0.517 bits per heavy atom. The van der Waals surface area contributed by atoms with Gasteiger partial charge in [0.1, 0.15) is 13.2 Å². The van der Waals surface area contributed by atoms with Crippen molar-refractivity contribution in [1.29, 1.82) is 0 Å². The molecule has 0 amide bonds. The maximum absolute atomic E-state index is 13.8. The molecule has 0 heterocycles. The highest BCUT2D eigenvalue weighted by molar-refractivity contribution is 5.90. The van der Waals surface area contributed by atoms with Gasteiger partial charge in [0.05, 0.1) is 11.0 Å². The third-order valence-electron chi connectivity index (χ3n) is 13.1. The van der Waals surface area contributed by atoms with Crippen LogP contribution in [0.5, 0.6) is 0 Å². The largest absolute Gasteiger partial charge is 0.461 e. The van der Waals surface area contributed by atoms with E-state index >= 15 is 0 Å². The number of halogens is 3. The highest BCUT2D eigenvalue weighted by Gasteiger charge is 2.47. The highest BCUT2D eigenvalue weighted by Crippen LogP contribution is 2.55. The zero-order valence-corrected chi connectivity index (χ0v) is 34.1. The van der Waals surface area contributed by atoms with Gasteiger partial charge in [-0.05, 0) is 132 Å². The SMILES string of the molecule is C=CC(=O)OCC1(COC(=O)C=C)c2cc(-c3ccc4c(c3)C(C)(C)c3cc(C)ccc3-4)ccc2-c2ccc(-c3ccc4c(c3)C(C)(C)c3cc(C(F)(F)F)ccc3-4)cc21. The van der Waals surface area contributed by atoms with E-state index in [2.05, 4.69) is 94.6 Å². The molecule has 9 rings (SSSR count). The lowest BCUT2D eigenvalue weighted by Crippen LogP contribution is -2.38. The smallest absolute Gasteiger partial charge is 0.416 e. The number of hydrogen-bond acceptors (Lipinski definition) is 4. The Balaban J connectivity index is 1.17. The molecule has 7 heteroatoms. The zero-order valence-electron chi connectivity index (χ0n) is 34.1. The summed E-state index contributed by atoms with van der Waals surface area (Å²) in [4.78, 5) is 25.6. The minimum absolute atomic E-state index is 0.144. The number of ether oxygens (including phenoxy) is 2. The number of carbonyl (C=O) groups is 2. The maximum atomic E-state index is 13.8. The molecule has 0 saturated carbocycles. The van der Waals surface area contributed by atoms with Gasteiger partial charge in [0.15, 0.2) is 0 Å². The molecule has 3 aliphatic carbocycles. The average Bonchev–Trinajstić information content (AvgIpc) is 3.73. The van der Waals surface area contributed by atoms with Crippen LogP contribution in [0.3, 0.4) is 0 Å². The number of fused-ring (bicyclic) bond motifs is 9. The fraction of sp³-hybridized carbons (Fsp3) is 0.208. The lowest BCUT2D eigenvalue weighted by atomic mass is 9.77. The van der Waals surface area contributed by atoms with Crippen LogP contribution in [0.25, 0.3) is 55.6 Å². The second kappa shape index (κ2) is 13.5. The summed E-state index contributed by atoms with van der Waals surface area (Å²) in [5.74, 6) is -1.23. The second-order valence-corrected chi connectivity index (χ2v) is 17.3. The number of aryl methyl sites for hydroxylation is 1. The Morgan fingerprint density at radius 2 is 0.850 bits per heavy atom. The fourth-order valence-corrected chi connectivity index (χ4v) is 9.84. The van der Waals surface area contributed by atoms with Gasteiger partial charge in [-0.15, -0.1) is 0 Å². The van der Waals surface area contributed by atoms with E-state index in [9.17, 15) is 22.8 Å². The first-order chi connectivity index (χ1) is 28.5. The molecule has 0 bridgehead atoms. The van der Waals surface area contributed by atoms with Gasteiger partial charge in [-0.3, -0.25) is 0 Å². The van der Waals surface area contributed by atoms with Crippen LogP contribution in [0.15, 0.2) is 135 Å². The van der Waals surface area contributed by atoms with Gasteiger partial charge in [-0.25, -0.2) is 9.59 Å². The minimum atomic E-state index is -4.45. The van der Waals surface area contributed by atoms with Crippen molar-refractivity contribution in [3.8, 4) is 55.6 Å². The van der Waals surface area contributed by atoms with Crippen molar-refractivity contribution in [2.24, 2.45) is 0 Å². The number of carbonyl (C=O) groups excluding carboxylic acids is 2. The van der Waals surface area contributed by atoms with E-state index in [0.29, 0.717) is 5.56 Å². The molecule has 0 fully saturated rings. The summed E-state index contributed by atoms with van der Waals surface area (Å²) in [5, 5.41) is 0. The summed E-state index contributed by atoms with van der Waals surface area (Å²) in [6, 6.07) is 35.6. The quantitative estimate of drug-likeness (QED) is 0.114. The van der Waals surface area contributed by atoms with Crippen molar-refractivity contribution in [2.75, 3.05) is 13.2 Å². The highest BCUT2D eigenvalue weighted by atomic mass is 19.4. The molecular formula is C53H43F3O4. The topological polar surface area (TPSA) is 52.6 Å². The van der Waals surface area contributed by atoms with E-state index in [4.69, 9.17) is 9.47 Å². The van der Waals surface area contributed by atoms with Gasteiger partial charge in [0, 0.05) is 23.0 Å². The predicted molar refractivity (Wildman–Crippen MR) is 231 cm³/mol. The Hall–Kier alpha value is -6.47. The van der Waals surface area contributed by atoms with Gasteiger partial charge in [-0.1, -0.05) is 119 Å². The monoisotopic (exact) mass is 800 g/mol. The van der Waals surface area contributed by atoms with E-state index in [0.717, 1.165) is 79.4 Å². The zero-order chi connectivity index (χ0) is 42.5. The van der Waals surface area contributed by atoms with Gasteiger partial charge in [0.2, 0.25) is 0 Å². The van der Waals surface area contributed by atoms with Crippen LogP contribution in [0.2, 0.25) is 0 Å². The fourth-order valence-electron chi connectivity index (χ4n) is 9.84. The Labute approximate surface area is 348 Å². The molecule has 0 atom stereocenters. The summed E-state index contributed by atoms with van der Waals surface area (Å²) in [6.45, 7) is 17.5. The van der Waals surface area contributed by atoms with Crippen molar-refractivity contribution in [2.45, 2.75) is 57.0 Å². The Kier molecular flexibility index (Phi) is 8.80. The Morgan fingerprint density at radius 3 is 1.25 bits per heavy atom. The van der Waals surface area contributed by atoms with Crippen LogP contribution in [0.1, 0.15) is 72.2 Å². The molecule has 300 valence electrons. The van der Waals surface area contributed by atoms with Crippen LogP contribution < -0.4 is 0 Å². The molecule has 0 saturated heterocycles. The first-order valence-corrected chi connectivity index (χ1v) is 20.0. The minimum Gasteiger partial charge on any atom is -0.461 e. The van der Waals surface area contributed by atoms with Crippen molar-refractivity contribution in [3.63, 3.8) is 0 Å². The van der Waals surface area contributed by atoms with E-state index in [1.54, 1.807) is 6.07 Å². The van der Waals surface area contributed by atoms with E-state index in [1.165, 1.54) is 33.9 Å². The van der Waals surface area contributed by atoms with Crippen LogP contribution in [-0.2, 0) is 41.5 Å². The first-order valence-electron chi connectivity index (χ1n) is 20.0. The van der Waals surface area contributed by atoms with Crippen LogP contribution >= 0.6 is 0 Å². The number of esters is 2. The van der Waals surface area contributed by atoms with Gasteiger partial charge >= 0.3 is 18.1 Å². The van der Waals surface area contributed by atoms with Crippen LogP contribution in [0, 0.1) is 6.92 Å². The number of rotatable bonds is 8. The molecule has 6 aromatic rings. The van der Waals surface area contributed by atoms with Crippen molar-refractivity contribution in [3.05, 3.63) is 179 Å².